The molecule has 0 spiro atoms. The van der Waals surface area contributed by atoms with Crippen LogP contribution in [-0.4, -0.2) is 55.3 Å². The van der Waals surface area contributed by atoms with Gasteiger partial charge in [0.2, 0.25) is 5.95 Å². The lowest BCUT2D eigenvalue weighted by atomic mass is 9.70. The second-order valence-electron chi connectivity index (χ2n) is 7.60. The van der Waals surface area contributed by atoms with Gasteiger partial charge in [0.05, 0.1) is 12.3 Å². The number of anilines is 2. The number of esters is 1. The van der Waals surface area contributed by atoms with Gasteiger partial charge in [-0.25, -0.2) is 4.98 Å². The quantitative estimate of drug-likeness (QED) is 0.789. The Morgan fingerprint density at radius 2 is 2.27 bits per heavy atom. The van der Waals surface area contributed by atoms with Crippen molar-refractivity contribution < 1.29 is 9.53 Å². The minimum absolute atomic E-state index is 0.0723. The molecule has 0 bridgehead atoms. The second-order valence-corrected chi connectivity index (χ2v) is 7.60. The summed E-state index contributed by atoms with van der Waals surface area (Å²) in [6.45, 7) is 4.77. The van der Waals surface area contributed by atoms with Gasteiger partial charge in [-0.05, 0) is 52.0 Å². The van der Waals surface area contributed by atoms with Crippen molar-refractivity contribution in [2.75, 3.05) is 43.5 Å². The summed E-state index contributed by atoms with van der Waals surface area (Å²) in [4.78, 5) is 24.7. The van der Waals surface area contributed by atoms with Gasteiger partial charge in [0.25, 0.3) is 0 Å². The summed E-state index contributed by atoms with van der Waals surface area (Å²) in [6, 6.07) is 0.185. The Bertz CT molecular complexity index is 695. The number of hydrogen-bond acceptors (Lipinski definition) is 7. The molecule has 1 aliphatic carbocycles. The molecule has 142 valence electrons. The van der Waals surface area contributed by atoms with Crippen molar-refractivity contribution in [2.45, 2.75) is 51.5 Å². The van der Waals surface area contributed by atoms with Gasteiger partial charge in [-0.2, -0.15) is 4.98 Å². The third-order valence-corrected chi connectivity index (χ3v) is 6.14. The highest BCUT2D eigenvalue weighted by atomic mass is 16.5. The number of rotatable bonds is 4. The summed E-state index contributed by atoms with van der Waals surface area (Å²) in [6.07, 6.45) is 5.97. The number of nitrogens with one attached hydrogen (secondary N) is 2. The van der Waals surface area contributed by atoms with Gasteiger partial charge in [-0.15, -0.1) is 0 Å². The maximum atomic E-state index is 12.9. The Hall–Kier alpha value is -1.89. The van der Waals surface area contributed by atoms with E-state index >= 15 is 0 Å². The summed E-state index contributed by atoms with van der Waals surface area (Å²) in [5.74, 6) is 1.62. The fraction of sp³-hybridized carbons (Fsp3) is 0.737. The van der Waals surface area contributed by atoms with Crippen LogP contribution >= 0.6 is 0 Å². The highest BCUT2D eigenvalue weighted by Crippen LogP contribution is 2.40. The molecule has 1 aromatic rings. The maximum Gasteiger partial charge on any atom is 0.315 e. The van der Waals surface area contributed by atoms with E-state index < -0.39 is 5.41 Å². The van der Waals surface area contributed by atoms with Crippen LogP contribution in [0.25, 0.3) is 0 Å². The predicted octanol–water partition coefficient (Wildman–Crippen LogP) is 1.52. The van der Waals surface area contributed by atoms with Gasteiger partial charge in [-0.1, -0.05) is 0 Å². The van der Waals surface area contributed by atoms with E-state index in [0.29, 0.717) is 13.2 Å². The normalized spacial score (nSPS) is 27.6. The molecule has 3 aliphatic rings. The molecule has 0 amide bonds. The molecule has 0 saturated carbocycles. The van der Waals surface area contributed by atoms with E-state index in [1.807, 2.05) is 14.0 Å². The SMILES string of the molecule is CCOC(=O)[C@]12CCCN[C@@H]1CCN(c1nc3c(c(NC)n1)CCC3)C2. The summed E-state index contributed by atoms with van der Waals surface area (Å²) in [7, 11) is 1.92. The van der Waals surface area contributed by atoms with Crippen LogP contribution in [0.1, 0.15) is 43.9 Å². The fourth-order valence-electron chi connectivity index (χ4n) is 4.84. The average molecular weight is 359 g/mol. The van der Waals surface area contributed by atoms with Crippen LogP contribution in [0.4, 0.5) is 11.8 Å². The lowest BCUT2D eigenvalue weighted by molar-refractivity contribution is -0.159. The Labute approximate surface area is 154 Å². The monoisotopic (exact) mass is 359 g/mol. The van der Waals surface area contributed by atoms with Crippen molar-refractivity contribution in [3.05, 3.63) is 11.3 Å². The summed E-state index contributed by atoms with van der Waals surface area (Å²) < 4.78 is 5.49. The van der Waals surface area contributed by atoms with E-state index in [-0.39, 0.29) is 12.0 Å². The lowest BCUT2D eigenvalue weighted by Crippen LogP contribution is -2.63. The van der Waals surface area contributed by atoms with Crippen molar-refractivity contribution in [1.82, 2.24) is 15.3 Å². The summed E-state index contributed by atoms with van der Waals surface area (Å²) in [5.41, 5.74) is 1.92. The highest BCUT2D eigenvalue weighted by Gasteiger charge is 2.52. The van der Waals surface area contributed by atoms with E-state index in [1.54, 1.807) is 0 Å². The highest BCUT2D eigenvalue weighted by molar-refractivity contribution is 5.79. The number of piperidine rings is 2. The molecule has 2 fully saturated rings. The molecule has 2 aliphatic heterocycles. The molecule has 7 heteroatoms. The first-order chi connectivity index (χ1) is 12.7. The molecule has 1 aromatic heterocycles. The van der Waals surface area contributed by atoms with Crippen LogP contribution < -0.4 is 15.5 Å². The van der Waals surface area contributed by atoms with Crippen molar-refractivity contribution in [3.63, 3.8) is 0 Å². The van der Waals surface area contributed by atoms with E-state index in [2.05, 4.69) is 15.5 Å². The Kier molecular flexibility index (Phi) is 4.73. The van der Waals surface area contributed by atoms with Crippen LogP contribution in [0.5, 0.6) is 0 Å². The van der Waals surface area contributed by atoms with Crippen molar-refractivity contribution in [3.8, 4) is 0 Å². The first kappa shape index (κ1) is 17.5. The number of fused-ring (bicyclic) bond motifs is 2. The van der Waals surface area contributed by atoms with Gasteiger partial charge in [0.1, 0.15) is 11.2 Å². The lowest BCUT2D eigenvalue weighted by Gasteiger charge is -2.49. The van der Waals surface area contributed by atoms with Crippen molar-refractivity contribution in [2.24, 2.45) is 5.41 Å². The second kappa shape index (κ2) is 7.02. The van der Waals surface area contributed by atoms with Crippen molar-refractivity contribution >= 4 is 17.7 Å². The standard InChI is InChI=1S/C19H29N5O2/c1-3-26-17(25)19-9-5-10-21-15(19)8-11-24(12-19)18-22-14-7-4-6-13(14)16(20-2)23-18/h15,21H,3-12H2,1-2H3,(H,20,22,23)/t15-,19+/m1/s1. The molecular weight excluding hydrogens is 330 g/mol. The zero-order valence-corrected chi connectivity index (χ0v) is 15.8. The maximum absolute atomic E-state index is 12.9. The van der Waals surface area contributed by atoms with Gasteiger partial charge in [0, 0.05) is 31.7 Å². The number of carbonyl (C=O) groups excluding carboxylic acids is 1. The molecule has 0 unspecified atom stereocenters. The van der Waals surface area contributed by atoms with Gasteiger partial charge in [0.15, 0.2) is 0 Å². The third kappa shape index (κ3) is 2.82. The Morgan fingerprint density at radius 3 is 3.08 bits per heavy atom. The van der Waals surface area contributed by atoms with Crippen LogP contribution in [-0.2, 0) is 22.4 Å². The molecule has 0 radical (unpaired) electrons. The van der Waals surface area contributed by atoms with Crippen LogP contribution in [0, 0.1) is 5.41 Å². The molecule has 26 heavy (non-hydrogen) atoms. The molecule has 2 atom stereocenters. The number of ether oxygens (including phenoxy) is 1. The first-order valence-electron chi connectivity index (χ1n) is 9.91. The Balaban J connectivity index is 1.65. The largest absolute Gasteiger partial charge is 0.465 e. The minimum atomic E-state index is -0.491. The number of nitrogens with zero attached hydrogens (tertiary/aromatic N) is 3. The topological polar surface area (TPSA) is 79.4 Å². The molecule has 2 saturated heterocycles. The smallest absolute Gasteiger partial charge is 0.315 e. The van der Waals surface area contributed by atoms with E-state index in [1.165, 1.54) is 5.56 Å². The molecular formula is C19H29N5O2. The minimum Gasteiger partial charge on any atom is -0.465 e. The number of aromatic nitrogens is 2. The summed E-state index contributed by atoms with van der Waals surface area (Å²) in [5, 5.41) is 6.79. The fourth-order valence-corrected chi connectivity index (χ4v) is 4.84. The molecule has 4 rings (SSSR count). The van der Waals surface area contributed by atoms with Crippen LogP contribution in [0.15, 0.2) is 0 Å². The van der Waals surface area contributed by atoms with E-state index in [4.69, 9.17) is 14.7 Å². The van der Waals surface area contributed by atoms with E-state index in [9.17, 15) is 4.79 Å². The third-order valence-electron chi connectivity index (χ3n) is 6.14. The number of carbonyl (C=O) groups is 1. The van der Waals surface area contributed by atoms with Crippen LogP contribution in [0.2, 0.25) is 0 Å². The zero-order chi connectivity index (χ0) is 18.1. The molecule has 2 N–H and O–H groups in total. The average Bonchev–Trinajstić information content (AvgIpc) is 3.15. The zero-order valence-electron chi connectivity index (χ0n) is 15.8. The molecule has 3 heterocycles. The predicted molar refractivity (Wildman–Crippen MR) is 101 cm³/mol. The molecule has 7 nitrogen and oxygen atoms in total. The summed E-state index contributed by atoms with van der Waals surface area (Å²) >= 11 is 0. The van der Waals surface area contributed by atoms with Gasteiger partial charge < -0.3 is 20.3 Å². The molecule has 0 aromatic carbocycles. The van der Waals surface area contributed by atoms with Crippen molar-refractivity contribution in [1.29, 1.82) is 0 Å². The van der Waals surface area contributed by atoms with E-state index in [0.717, 1.165) is 69.1 Å². The number of aryl methyl sites for hydroxylation is 1. The number of hydrogen-bond donors (Lipinski definition) is 2. The first-order valence-corrected chi connectivity index (χ1v) is 9.91. The van der Waals surface area contributed by atoms with Crippen LogP contribution in [0.3, 0.4) is 0 Å². The van der Waals surface area contributed by atoms with Gasteiger partial charge >= 0.3 is 5.97 Å². The van der Waals surface area contributed by atoms with Gasteiger partial charge in [-0.3, -0.25) is 4.79 Å². The Morgan fingerprint density at radius 1 is 1.38 bits per heavy atom.